The van der Waals surface area contributed by atoms with Gasteiger partial charge in [0.15, 0.2) is 5.92 Å². The van der Waals surface area contributed by atoms with Crippen molar-refractivity contribution >= 4 is 29.2 Å². The van der Waals surface area contributed by atoms with Gasteiger partial charge in [0.05, 0.1) is 11.5 Å². The number of nitrogens with one attached hydrogen (secondary N) is 1. The summed E-state index contributed by atoms with van der Waals surface area (Å²) in [7, 11) is 0. The smallest absolute Gasteiger partial charge is 0.321 e. The van der Waals surface area contributed by atoms with Gasteiger partial charge in [0.25, 0.3) is 5.69 Å². The maximum absolute atomic E-state index is 13.0. The predicted molar refractivity (Wildman–Crippen MR) is 122 cm³/mol. The number of rotatable bonds is 5. The van der Waals surface area contributed by atoms with E-state index in [1.54, 1.807) is 13.0 Å². The highest BCUT2D eigenvalue weighted by Crippen LogP contribution is 2.32. The molecule has 172 valence electrons. The van der Waals surface area contributed by atoms with Gasteiger partial charge in [-0.25, -0.2) is 4.99 Å². The summed E-state index contributed by atoms with van der Waals surface area (Å²) in [5, 5.41) is 14.0. The zero-order valence-corrected chi connectivity index (χ0v) is 18.2. The number of hydrogen-bond acceptors (Lipinski definition) is 8. The molecule has 2 aromatic rings. The number of carbonyl (C=O) groups is 2. The van der Waals surface area contributed by atoms with Crippen LogP contribution >= 0.6 is 0 Å². The molecule has 0 bridgehead atoms. The van der Waals surface area contributed by atoms with E-state index in [0.29, 0.717) is 24.6 Å². The van der Waals surface area contributed by atoms with Crippen LogP contribution in [0.2, 0.25) is 0 Å². The van der Waals surface area contributed by atoms with Crippen molar-refractivity contribution in [2.45, 2.75) is 13.0 Å². The van der Waals surface area contributed by atoms with Gasteiger partial charge in [-0.15, -0.1) is 0 Å². The number of aliphatic imine (C=N–C) groups is 1. The van der Waals surface area contributed by atoms with E-state index < -0.39 is 28.8 Å². The van der Waals surface area contributed by atoms with Crippen molar-refractivity contribution in [2.75, 3.05) is 37.7 Å². The number of hydrogen-bond donors (Lipinski definition) is 1. The second-order valence-electron chi connectivity index (χ2n) is 7.78. The molecule has 2 unspecified atom stereocenters. The summed E-state index contributed by atoms with van der Waals surface area (Å²) in [6.07, 6.45) is 0. The Morgan fingerprint density at radius 2 is 1.82 bits per heavy atom. The average Bonchev–Trinajstić information content (AvgIpc) is 2.84. The van der Waals surface area contributed by atoms with Crippen LogP contribution in [-0.2, 0) is 14.3 Å². The number of para-hydroxylation sites is 1. The topological polar surface area (TPSA) is 117 Å². The van der Waals surface area contributed by atoms with Crippen molar-refractivity contribution in [3.63, 3.8) is 0 Å². The van der Waals surface area contributed by atoms with Crippen molar-refractivity contribution in [2.24, 2.45) is 10.9 Å². The van der Waals surface area contributed by atoms with Gasteiger partial charge in [0.2, 0.25) is 11.9 Å². The summed E-state index contributed by atoms with van der Waals surface area (Å²) in [6, 6.07) is 15.0. The molecule has 2 aliphatic rings. The lowest BCUT2D eigenvalue weighted by Crippen LogP contribution is -2.57. The molecule has 33 heavy (non-hydrogen) atoms. The molecule has 2 atom stereocenters. The summed E-state index contributed by atoms with van der Waals surface area (Å²) >= 11 is 0. The first-order chi connectivity index (χ1) is 16.0. The van der Waals surface area contributed by atoms with Gasteiger partial charge in [-0.05, 0) is 24.6 Å². The Morgan fingerprint density at radius 1 is 1.12 bits per heavy atom. The van der Waals surface area contributed by atoms with Gasteiger partial charge in [-0.2, -0.15) is 0 Å². The second-order valence-corrected chi connectivity index (χ2v) is 7.78. The minimum atomic E-state index is -1.22. The standard InChI is InChI=1S/C23H25N5O5/c1-2-33-22(30)19-20(16-7-6-10-18(15-16)28(31)32)24-23(25-21(19)29)27-13-11-26(12-14-27)17-8-4-3-5-9-17/h3-10,15,19-20H,2,11-14H2,1H3,(H,24,25,29). The molecule has 10 nitrogen and oxygen atoms in total. The summed E-state index contributed by atoms with van der Waals surface area (Å²) < 4.78 is 5.10. The molecule has 0 aliphatic carbocycles. The van der Waals surface area contributed by atoms with Crippen molar-refractivity contribution in [1.82, 2.24) is 10.2 Å². The van der Waals surface area contributed by atoms with Crippen LogP contribution in [0.1, 0.15) is 18.5 Å². The molecule has 1 fully saturated rings. The first-order valence-electron chi connectivity index (χ1n) is 10.8. The largest absolute Gasteiger partial charge is 0.465 e. The van der Waals surface area contributed by atoms with E-state index in [-0.39, 0.29) is 12.3 Å². The number of anilines is 1. The monoisotopic (exact) mass is 451 g/mol. The van der Waals surface area contributed by atoms with Gasteiger partial charge in [0, 0.05) is 44.0 Å². The molecule has 4 rings (SSSR count). The first-order valence-corrected chi connectivity index (χ1v) is 10.8. The number of amides is 1. The quantitative estimate of drug-likeness (QED) is 0.320. The Morgan fingerprint density at radius 3 is 2.48 bits per heavy atom. The summed E-state index contributed by atoms with van der Waals surface area (Å²) in [6.45, 7) is 4.49. The van der Waals surface area contributed by atoms with E-state index in [1.807, 2.05) is 23.1 Å². The SMILES string of the molecule is CCOC(=O)C1C(=O)NC(N2CCN(c3ccccc3)CC2)=NC1c1cccc([N+](=O)[O-])c1. The molecule has 0 spiro atoms. The van der Waals surface area contributed by atoms with Crippen LogP contribution in [0.5, 0.6) is 0 Å². The van der Waals surface area contributed by atoms with Crippen molar-refractivity contribution in [1.29, 1.82) is 0 Å². The molecule has 2 heterocycles. The lowest BCUT2D eigenvalue weighted by Gasteiger charge is -2.39. The number of nitro groups is 1. The maximum Gasteiger partial charge on any atom is 0.321 e. The number of esters is 1. The molecule has 1 N–H and O–H groups in total. The number of non-ortho nitro benzene ring substituents is 1. The number of piperazine rings is 1. The summed E-state index contributed by atoms with van der Waals surface area (Å²) in [5.74, 6) is -2.09. The van der Waals surface area contributed by atoms with E-state index in [9.17, 15) is 19.7 Å². The second kappa shape index (κ2) is 9.68. The number of benzene rings is 2. The lowest BCUT2D eigenvalue weighted by molar-refractivity contribution is -0.384. The zero-order chi connectivity index (χ0) is 23.4. The van der Waals surface area contributed by atoms with Crippen LogP contribution in [0, 0.1) is 16.0 Å². The highest BCUT2D eigenvalue weighted by Gasteiger charge is 2.42. The molecular weight excluding hydrogens is 426 g/mol. The molecule has 2 aliphatic heterocycles. The number of nitro benzene ring substituents is 1. The normalized spacial score (nSPS) is 20.6. The minimum Gasteiger partial charge on any atom is -0.465 e. The molecule has 0 radical (unpaired) electrons. The van der Waals surface area contributed by atoms with Crippen LogP contribution in [0.3, 0.4) is 0 Å². The lowest BCUT2D eigenvalue weighted by atomic mass is 9.91. The minimum absolute atomic E-state index is 0.113. The van der Waals surface area contributed by atoms with Crippen LogP contribution in [-0.4, -0.2) is 60.4 Å². The van der Waals surface area contributed by atoms with Gasteiger partial charge >= 0.3 is 5.97 Å². The molecular formula is C23H25N5O5. The van der Waals surface area contributed by atoms with Crippen molar-refractivity contribution in [3.05, 3.63) is 70.3 Å². The van der Waals surface area contributed by atoms with Crippen molar-refractivity contribution < 1.29 is 19.2 Å². The first kappa shape index (κ1) is 22.3. The molecule has 2 aromatic carbocycles. The van der Waals surface area contributed by atoms with E-state index in [2.05, 4.69) is 27.3 Å². The Hall–Kier alpha value is -3.95. The fraction of sp³-hybridized carbons (Fsp3) is 0.348. The van der Waals surface area contributed by atoms with E-state index in [1.165, 1.54) is 18.2 Å². The Balaban J connectivity index is 1.60. The zero-order valence-electron chi connectivity index (χ0n) is 18.2. The van der Waals surface area contributed by atoms with Gasteiger partial charge < -0.3 is 14.5 Å². The average molecular weight is 451 g/mol. The third kappa shape index (κ3) is 4.79. The predicted octanol–water partition coefficient (Wildman–Crippen LogP) is 2.12. The van der Waals surface area contributed by atoms with Gasteiger partial charge in [0.1, 0.15) is 6.04 Å². The summed E-state index contributed by atoms with van der Waals surface area (Å²) in [4.78, 5) is 45.2. The molecule has 10 heteroatoms. The highest BCUT2D eigenvalue weighted by molar-refractivity contribution is 6.08. The Kier molecular flexibility index (Phi) is 6.53. The van der Waals surface area contributed by atoms with E-state index in [4.69, 9.17) is 4.74 Å². The number of carbonyl (C=O) groups excluding carboxylic acids is 2. The molecule has 1 saturated heterocycles. The number of nitrogens with zero attached hydrogens (tertiary/aromatic N) is 4. The highest BCUT2D eigenvalue weighted by atomic mass is 16.6. The van der Waals surface area contributed by atoms with E-state index in [0.717, 1.165) is 18.8 Å². The van der Waals surface area contributed by atoms with Crippen LogP contribution < -0.4 is 10.2 Å². The van der Waals surface area contributed by atoms with Crippen LogP contribution in [0.4, 0.5) is 11.4 Å². The Bertz CT molecular complexity index is 1070. The molecule has 1 amide bonds. The maximum atomic E-state index is 13.0. The van der Waals surface area contributed by atoms with Gasteiger partial charge in [-0.3, -0.25) is 25.0 Å². The third-order valence-corrected chi connectivity index (χ3v) is 5.76. The fourth-order valence-corrected chi connectivity index (χ4v) is 4.10. The fourth-order valence-electron chi connectivity index (χ4n) is 4.10. The van der Waals surface area contributed by atoms with E-state index >= 15 is 0 Å². The number of guanidine groups is 1. The summed E-state index contributed by atoms with van der Waals surface area (Å²) in [5.41, 5.74) is 1.41. The molecule has 0 saturated carbocycles. The van der Waals surface area contributed by atoms with Crippen LogP contribution in [0.15, 0.2) is 59.6 Å². The van der Waals surface area contributed by atoms with Gasteiger partial charge in [-0.1, -0.05) is 30.3 Å². The third-order valence-electron chi connectivity index (χ3n) is 5.76. The van der Waals surface area contributed by atoms with Crippen LogP contribution in [0.25, 0.3) is 0 Å². The number of ether oxygens (including phenoxy) is 1. The van der Waals surface area contributed by atoms with Crippen molar-refractivity contribution in [3.8, 4) is 0 Å². The molecule has 0 aromatic heterocycles. The Labute approximate surface area is 191 Å².